The van der Waals surface area contributed by atoms with Crippen LogP contribution in [0.5, 0.6) is 11.5 Å². The van der Waals surface area contributed by atoms with Gasteiger partial charge in [-0.05, 0) is 51.3 Å². The Morgan fingerprint density at radius 1 is 1.25 bits per heavy atom. The molecule has 0 aromatic heterocycles. The van der Waals surface area contributed by atoms with Crippen LogP contribution in [0.3, 0.4) is 0 Å². The third-order valence-electron chi connectivity index (χ3n) is 3.27. The average Bonchev–Trinajstić information content (AvgIpc) is 2.49. The molecule has 7 heteroatoms. The molecule has 0 fully saturated rings. The minimum atomic E-state index is -1.19. The second-order valence-corrected chi connectivity index (χ2v) is 6.30. The minimum Gasteiger partial charge on any atom is -0.493 e. The quantitative estimate of drug-likeness (QED) is 0.503. The van der Waals surface area contributed by atoms with Crippen LogP contribution in [0.25, 0.3) is 0 Å². The molecule has 1 atom stereocenters. The second kappa shape index (κ2) is 9.52. The first-order valence-corrected chi connectivity index (χ1v) is 8.51. The van der Waals surface area contributed by atoms with E-state index in [1.807, 2.05) is 13.8 Å². The van der Waals surface area contributed by atoms with E-state index in [4.69, 9.17) is 14.2 Å². The molecule has 1 aromatic carbocycles. The van der Waals surface area contributed by atoms with Crippen LogP contribution in [-0.4, -0.2) is 36.9 Å². The Morgan fingerprint density at radius 3 is 2.42 bits per heavy atom. The first kappa shape index (κ1) is 20.3. The summed E-state index contributed by atoms with van der Waals surface area (Å²) in [6.45, 7) is 5.61. The van der Waals surface area contributed by atoms with Crippen molar-refractivity contribution in [3.63, 3.8) is 0 Å². The summed E-state index contributed by atoms with van der Waals surface area (Å²) in [6, 6.07) is 3.57. The van der Waals surface area contributed by atoms with Gasteiger partial charge >= 0.3 is 11.9 Å². The summed E-state index contributed by atoms with van der Waals surface area (Å²) in [4.78, 5) is 23.0. The summed E-state index contributed by atoms with van der Waals surface area (Å²) in [5.74, 6) is -1.92. The number of ether oxygens (including phenoxy) is 3. The van der Waals surface area contributed by atoms with Gasteiger partial charge in [0.25, 0.3) is 0 Å². The van der Waals surface area contributed by atoms with Gasteiger partial charge in [0, 0.05) is 4.47 Å². The average molecular weight is 403 g/mol. The zero-order valence-corrected chi connectivity index (χ0v) is 15.9. The van der Waals surface area contributed by atoms with Gasteiger partial charge in [0.2, 0.25) is 0 Å². The topological polar surface area (TPSA) is 82.1 Å². The molecule has 1 unspecified atom stereocenters. The number of halogens is 1. The van der Waals surface area contributed by atoms with Crippen LogP contribution < -0.4 is 9.47 Å². The molecule has 0 aliphatic heterocycles. The van der Waals surface area contributed by atoms with E-state index in [1.165, 1.54) is 0 Å². The molecule has 0 spiro atoms. The highest BCUT2D eigenvalue weighted by Gasteiger charge is 2.27. The fraction of sp³-hybridized carbons (Fsp3) is 0.529. The summed E-state index contributed by atoms with van der Waals surface area (Å²) in [5, 5.41) is 9.22. The standard InChI is InChI=1S/C17H23BrO6/c1-5-23-17(21)12(16(19)20)7-6-11-8-15(24-10(2)3)14(22-4)9-13(11)18/h8-10,12H,5-7H2,1-4H3,(H,19,20). The summed E-state index contributed by atoms with van der Waals surface area (Å²) in [6.07, 6.45) is 0.494. The lowest BCUT2D eigenvalue weighted by atomic mass is 9.99. The Kier molecular flexibility index (Phi) is 8.04. The summed E-state index contributed by atoms with van der Waals surface area (Å²) < 4.78 is 16.6. The van der Waals surface area contributed by atoms with Crippen molar-refractivity contribution in [1.82, 2.24) is 0 Å². The van der Waals surface area contributed by atoms with Crippen molar-refractivity contribution in [3.8, 4) is 11.5 Å². The number of benzene rings is 1. The van der Waals surface area contributed by atoms with Gasteiger partial charge in [-0.25, -0.2) is 0 Å². The molecule has 6 nitrogen and oxygen atoms in total. The van der Waals surface area contributed by atoms with E-state index in [2.05, 4.69) is 15.9 Å². The Balaban J connectivity index is 2.96. The van der Waals surface area contributed by atoms with Gasteiger partial charge in [-0.2, -0.15) is 0 Å². The van der Waals surface area contributed by atoms with E-state index in [1.54, 1.807) is 26.2 Å². The zero-order chi connectivity index (χ0) is 18.3. The maximum absolute atomic E-state index is 11.7. The Bertz CT molecular complexity index is 585. The molecule has 0 aliphatic carbocycles. The third kappa shape index (κ3) is 5.70. The zero-order valence-electron chi connectivity index (χ0n) is 14.3. The molecular weight excluding hydrogens is 380 g/mol. The molecule has 1 aromatic rings. The predicted molar refractivity (Wildman–Crippen MR) is 92.5 cm³/mol. The number of hydrogen-bond donors (Lipinski definition) is 1. The minimum absolute atomic E-state index is 0.0285. The van der Waals surface area contributed by atoms with Crippen LogP contribution in [0.15, 0.2) is 16.6 Å². The van der Waals surface area contributed by atoms with E-state index >= 15 is 0 Å². The van der Waals surface area contributed by atoms with Crippen molar-refractivity contribution in [2.45, 2.75) is 39.7 Å². The maximum atomic E-state index is 11.7. The number of carbonyl (C=O) groups excluding carboxylic acids is 1. The lowest BCUT2D eigenvalue weighted by Gasteiger charge is -2.17. The van der Waals surface area contributed by atoms with Crippen LogP contribution >= 0.6 is 15.9 Å². The van der Waals surface area contributed by atoms with Crippen molar-refractivity contribution in [2.75, 3.05) is 13.7 Å². The number of esters is 1. The van der Waals surface area contributed by atoms with Crippen LogP contribution in [-0.2, 0) is 20.7 Å². The second-order valence-electron chi connectivity index (χ2n) is 5.44. The number of methoxy groups -OCH3 is 1. The summed E-state index contributed by atoms with van der Waals surface area (Å²) in [7, 11) is 1.55. The fourth-order valence-electron chi connectivity index (χ4n) is 2.16. The normalized spacial score (nSPS) is 11.9. The molecule has 0 bridgehead atoms. The highest BCUT2D eigenvalue weighted by Crippen LogP contribution is 2.35. The number of aliphatic carboxylic acids is 1. The van der Waals surface area contributed by atoms with Crippen molar-refractivity contribution in [2.24, 2.45) is 5.92 Å². The molecular formula is C17H23BrO6. The first-order chi connectivity index (χ1) is 11.3. The largest absolute Gasteiger partial charge is 0.493 e. The van der Waals surface area contributed by atoms with Gasteiger partial charge in [0.1, 0.15) is 0 Å². The van der Waals surface area contributed by atoms with Crippen LogP contribution in [0.1, 0.15) is 32.8 Å². The predicted octanol–water partition coefficient (Wildman–Crippen LogP) is 3.44. The van der Waals surface area contributed by atoms with Gasteiger partial charge in [0.15, 0.2) is 17.4 Å². The Labute approximate surface area is 150 Å². The summed E-state index contributed by atoms with van der Waals surface area (Å²) >= 11 is 3.44. The van der Waals surface area contributed by atoms with Crippen LogP contribution in [0, 0.1) is 5.92 Å². The van der Waals surface area contributed by atoms with E-state index in [9.17, 15) is 14.7 Å². The molecule has 0 saturated carbocycles. The molecule has 1 rings (SSSR count). The molecule has 0 radical (unpaired) electrons. The molecule has 0 saturated heterocycles. The van der Waals surface area contributed by atoms with Gasteiger partial charge in [-0.1, -0.05) is 15.9 Å². The monoisotopic (exact) mass is 402 g/mol. The van der Waals surface area contributed by atoms with Crippen molar-refractivity contribution < 1.29 is 28.9 Å². The molecule has 0 aliphatic rings. The van der Waals surface area contributed by atoms with E-state index in [-0.39, 0.29) is 19.1 Å². The molecule has 0 amide bonds. The lowest BCUT2D eigenvalue weighted by Crippen LogP contribution is -2.26. The lowest BCUT2D eigenvalue weighted by molar-refractivity contribution is -0.158. The number of carboxylic acids is 1. The molecule has 134 valence electrons. The van der Waals surface area contributed by atoms with Crippen molar-refractivity contribution in [3.05, 3.63) is 22.2 Å². The van der Waals surface area contributed by atoms with Gasteiger partial charge in [0.05, 0.1) is 19.8 Å². The Hall–Kier alpha value is -1.76. The molecule has 1 N–H and O–H groups in total. The van der Waals surface area contributed by atoms with Gasteiger partial charge in [-0.3, -0.25) is 9.59 Å². The SMILES string of the molecule is CCOC(=O)C(CCc1cc(OC(C)C)c(OC)cc1Br)C(=O)O. The van der Waals surface area contributed by atoms with Gasteiger partial charge in [-0.15, -0.1) is 0 Å². The fourth-order valence-corrected chi connectivity index (χ4v) is 2.68. The van der Waals surface area contributed by atoms with E-state index in [0.29, 0.717) is 17.9 Å². The molecule has 0 heterocycles. The number of hydrogen-bond acceptors (Lipinski definition) is 5. The van der Waals surface area contributed by atoms with Gasteiger partial charge < -0.3 is 19.3 Å². The van der Waals surface area contributed by atoms with Crippen LogP contribution in [0.4, 0.5) is 0 Å². The highest BCUT2D eigenvalue weighted by atomic mass is 79.9. The Morgan fingerprint density at radius 2 is 1.92 bits per heavy atom. The maximum Gasteiger partial charge on any atom is 0.320 e. The van der Waals surface area contributed by atoms with Crippen molar-refractivity contribution in [1.29, 1.82) is 0 Å². The smallest absolute Gasteiger partial charge is 0.320 e. The number of rotatable bonds is 9. The van der Waals surface area contributed by atoms with Crippen molar-refractivity contribution >= 4 is 27.9 Å². The summed E-state index contributed by atoms with van der Waals surface area (Å²) in [5.41, 5.74) is 0.835. The highest BCUT2D eigenvalue weighted by molar-refractivity contribution is 9.10. The number of carboxylic acid groups (broad SMARTS) is 1. The number of aryl methyl sites for hydroxylation is 1. The number of carbonyl (C=O) groups is 2. The first-order valence-electron chi connectivity index (χ1n) is 7.72. The van der Waals surface area contributed by atoms with E-state index in [0.717, 1.165) is 10.0 Å². The molecule has 24 heavy (non-hydrogen) atoms. The van der Waals surface area contributed by atoms with E-state index < -0.39 is 17.9 Å². The van der Waals surface area contributed by atoms with Crippen LogP contribution in [0.2, 0.25) is 0 Å². The third-order valence-corrected chi connectivity index (χ3v) is 4.01.